The highest BCUT2D eigenvalue weighted by Crippen LogP contribution is 2.33. The molecule has 1 amide bonds. The molecule has 134 valence electrons. The molecule has 0 spiro atoms. The molecular formula is C16H25N3O4S. The first-order chi connectivity index (χ1) is 11.4. The minimum absolute atomic E-state index is 0.0746. The van der Waals surface area contributed by atoms with Crippen LogP contribution in [0.1, 0.15) is 30.3 Å². The highest BCUT2D eigenvalue weighted by Gasteiger charge is 2.45. The van der Waals surface area contributed by atoms with Crippen LogP contribution in [0.25, 0.3) is 0 Å². The number of amides is 1. The van der Waals surface area contributed by atoms with Gasteiger partial charge >= 0.3 is 0 Å². The molecule has 2 fully saturated rings. The van der Waals surface area contributed by atoms with Gasteiger partial charge in [-0.1, -0.05) is 6.92 Å². The molecule has 2 saturated heterocycles. The lowest BCUT2D eigenvalue weighted by Gasteiger charge is -2.45. The van der Waals surface area contributed by atoms with E-state index in [2.05, 4.69) is 11.8 Å². The van der Waals surface area contributed by atoms with E-state index in [1.807, 2.05) is 4.90 Å². The van der Waals surface area contributed by atoms with Crippen LogP contribution in [0.2, 0.25) is 0 Å². The molecule has 3 heterocycles. The predicted octanol–water partition coefficient (Wildman–Crippen LogP) is 0.852. The van der Waals surface area contributed by atoms with Gasteiger partial charge in [-0.15, -0.1) is 0 Å². The number of rotatable bonds is 4. The standard InChI is InChI=1S/C16H25N3O4S/c1-3-16(6-7-19(13-16)24(2,21)22)18-10-8-17(9-11-18)15(20)14-5-4-12-23-14/h4-5,12H,3,6-11,13H2,1-2H3/t16-/m1/s1. The lowest BCUT2D eigenvalue weighted by molar-refractivity contribution is 0.0296. The van der Waals surface area contributed by atoms with Crippen molar-refractivity contribution in [2.75, 3.05) is 45.5 Å². The molecule has 0 aromatic carbocycles. The van der Waals surface area contributed by atoms with Crippen LogP contribution in [0.3, 0.4) is 0 Å². The Morgan fingerprint density at radius 2 is 1.96 bits per heavy atom. The fraction of sp³-hybridized carbons (Fsp3) is 0.688. The minimum atomic E-state index is -3.15. The highest BCUT2D eigenvalue weighted by atomic mass is 32.2. The normalized spacial score (nSPS) is 26.8. The summed E-state index contributed by atoms with van der Waals surface area (Å²) in [4.78, 5) is 16.5. The van der Waals surface area contributed by atoms with Gasteiger partial charge in [0.25, 0.3) is 5.91 Å². The van der Waals surface area contributed by atoms with Crippen molar-refractivity contribution in [3.63, 3.8) is 0 Å². The maximum absolute atomic E-state index is 12.3. The maximum Gasteiger partial charge on any atom is 0.289 e. The van der Waals surface area contributed by atoms with Gasteiger partial charge in [0.05, 0.1) is 12.5 Å². The first kappa shape index (κ1) is 17.4. The van der Waals surface area contributed by atoms with E-state index in [1.165, 1.54) is 12.5 Å². The van der Waals surface area contributed by atoms with Crippen LogP contribution in [-0.2, 0) is 10.0 Å². The molecule has 0 N–H and O–H groups in total. The molecule has 24 heavy (non-hydrogen) atoms. The van der Waals surface area contributed by atoms with Crippen molar-refractivity contribution in [2.45, 2.75) is 25.3 Å². The van der Waals surface area contributed by atoms with E-state index in [-0.39, 0.29) is 11.4 Å². The summed E-state index contributed by atoms with van der Waals surface area (Å²) in [6, 6.07) is 3.40. The summed E-state index contributed by atoms with van der Waals surface area (Å²) in [7, 11) is -3.15. The zero-order valence-corrected chi connectivity index (χ0v) is 15.1. The van der Waals surface area contributed by atoms with Crippen molar-refractivity contribution in [2.24, 2.45) is 0 Å². The molecule has 8 heteroatoms. The van der Waals surface area contributed by atoms with Gasteiger partial charge in [-0.05, 0) is 25.0 Å². The smallest absolute Gasteiger partial charge is 0.289 e. The third-order valence-electron chi connectivity index (χ3n) is 5.39. The van der Waals surface area contributed by atoms with Crippen LogP contribution in [-0.4, -0.2) is 79.5 Å². The van der Waals surface area contributed by atoms with E-state index >= 15 is 0 Å². The lowest BCUT2D eigenvalue weighted by atomic mass is 9.92. The predicted molar refractivity (Wildman–Crippen MR) is 90.2 cm³/mol. The number of sulfonamides is 1. The Balaban J connectivity index is 1.64. The second-order valence-electron chi connectivity index (χ2n) is 6.68. The summed E-state index contributed by atoms with van der Waals surface area (Å²) < 4.78 is 30.4. The van der Waals surface area contributed by atoms with Crippen LogP contribution in [0, 0.1) is 0 Å². The van der Waals surface area contributed by atoms with E-state index in [0.29, 0.717) is 31.9 Å². The molecule has 7 nitrogen and oxygen atoms in total. The molecule has 1 aromatic heterocycles. The van der Waals surface area contributed by atoms with Gasteiger partial charge in [-0.3, -0.25) is 9.69 Å². The number of carbonyl (C=O) groups excluding carboxylic acids is 1. The summed E-state index contributed by atoms with van der Waals surface area (Å²) in [6.07, 6.45) is 4.54. The highest BCUT2D eigenvalue weighted by molar-refractivity contribution is 7.88. The van der Waals surface area contributed by atoms with Crippen LogP contribution in [0.5, 0.6) is 0 Å². The second-order valence-corrected chi connectivity index (χ2v) is 8.66. The monoisotopic (exact) mass is 355 g/mol. The number of hydrogen-bond donors (Lipinski definition) is 0. The summed E-state index contributed by atoms with van der Waals surface area (Å²) in [5.41, 5.74) is -0.108. The first-order valence-corrected chi connectivity index (χ1v) is 10.2. The van der Waals surface area contributed by atoms with Gasteiger partial charge in [0.15, 0.2) is 5.76 Å². The average Bonchev–Trinajstić information content (AvgIpc) is 3.24. The molecule has 3 rings (SSSR count). The Morgan fingerprint density at radius 3 is 2.46 bits per heavy atom. The Morgan fingerprint density at radius 1 is 1.25 bits per heavy atom. The Labute approximate surface area is 143 Å². The first-order valence-electron chi connectivity index (χ1n) is 8.39. The van der Waals surface area contributed by atoms with Gasteiger partial charge in [0, 0.05) is 44.8 Å². The third kappa shape index (κ3) is 3.22. The fourth-order valence-corrected chi connectivity index (χ4v) is 4.71. The van der Waals surface area contributed by atoms with Crippen molar-refractivity contribution in [1.29, 1.82) is 0 Å². The number of piperazine rings is 1. The molecule has 2 aliphatic rings. The number of hydrogen-bond acceptors (Lipinski definition) is 5. The third-order valence-corrected chi connectivity index (χ3v) is 6.64. The minimum Gasteiger partial charge on any atom is -0.459 e. The molecule has 1 aromatic rings. The van der Waals surface area contributed by atoms with E-state index in [1.54, 1.807) is 16.4 Å². The zero-order valence-electron chi connectivity index (χ0n) is 14.3. The zero-order chi connectivity index (χ0) is 17.4. The molecule has 0 saturated carbocycles. The SMILES string of the molecule is CC[C@@]1(N2CCN(C(=O)c3ccco3)CC2)CCN(S(C)(=O)=O)C1. The van der Waals surface area contributed by atoms with Gasteiger partial charge in [-0.2, -0.15) is 0 Å². The van der Waals surface area contributed by atoms with E-state index in [4.69, 9.17) is 4.42 Å². The van der Waals surface area contributed by atoms with Crippen molar-refractivity contribution >= 4 is 15.9 Å². The lowest BCUT2D eigenvalue weighted by Crippen LogP contribution is -2.59. The van der Waals surface area contributed by atoms with Crippen molar-refractivity contribution in [3.8, 4) is 0 Å². The molecule has 0 aliphatic carbocycles. The van der Waals surface area contributed by atoms with Gasteiger partial charge in [-0.25, -0.2) is 12.7 Å². The molecule has 2 aliphatic heterocycles. The number of carbonyl (C=O) groups is 1. The van der Waals surface area contributed by atoms with Crippen LogP contribution >= 0.6 is 0 Å². The topological polar surface area (TPSA) is 74.1 Å². The van der Waals surface area contributed by atoms with Crippen molar-refractivity contribution in [1.82, 2.24) is 14.1 Å². The summed E-state index contributed by atoms with van der Waals surface area (Å²) in [6.45, 7) is 6.05. The fourth-order valence-electron chi connectivity index (χ4n) is 3.81. The molecule has 1 atom stereocenters. The summed E-state index contributed by atoms with van der Waals surface area (Å²) in [5, 5.41) is 0. The van der Waals surface area contributed by atoms with Crippen LogP contribution in [0.15, 0.2) is 22.8 Å². The van der Waals surface area contributed by atoms with Crippen molar-refractivity contribution < 1.29 is 17.6 Å². The number of nitrogens with zero attached hydrogens (tertiary/aromatic N) is 3. The maximum atomic E-state index is 12.3. The largest absolute Gasteiger partial charge is 0.459 e. The van der Waals surface area contributed by atoms with E-state index in [9.17, 15) is 13.2 Å². The van der Waals surface area contributed by atoms with Crippen molar-refractivity contribution in [3.05, 3.63) is 24.2 Å². The van der Waals surface area contributed by atoms with Crippen LogP contribution in [0.4, 0.5) is 0 Å². The van der Waals surface area contributed by atoms with Gasteiger partial charge in [0.1, 0.15) is 0 Å². The molecule has 0 radical (unpaired) electrons. The van der Waals surface area contributed by atoms with E-state index in [0.717, 1.165) is 25.9 Å². The Hall–Kier alpha value is -1.38. The molecular weight excluding hydrogens is 330 g/mol. The summed E-state index contributed by atoms with van der Waals surface area (Å²) >= 11 is 0. The molecule has 0 unspecified atom stereocenters. The van der Waals surface area contributed by atoms with Crippen LogP contribution < -0.4 is 0 Å². The number of furan rings is 1. The Kier molecular flexibility index (Phi) is 4.72. The van der Waals surface area contributed by atoms with E-state index < -0.39 is 10.0 Å². The van der Waals surface area contributed by atoms with Gasteiger partial charge in [0.2, 0.25) is 10.0 Å². The average molecular weight is 355 g/mol. The Bertz CT molecular complexity index is 680. The van der Waals surface area contributed by atoms with Gasteiger partial charge < -0.3 is 9.32 Å². The molecule has 0 bridgehead atoms. The summed E-state index contributed by atoms with van der Waals surface area (Å²) in [5.74, 6) is 0.298. The second kappa shape index (κ2) is 6.50. The quantitative estimate of drug-likeness (QED) is 0.801.